The third-order valence-electron chi connectivity index (χ3n) is 2.80. The Morgan fingerprint density at radius 2 is 2.24 bits per heavy atom. The van der Waals surface area contributed by atoms with Crippen LogP contribution in [0.5, 0.6) is 0 Å². The highest BCUT2D eigenvalue weighted by Gasteiger charge is 2.19. The molecule has 1 heterocycles. The average Bonchev–Trinajstić information content (AvgIpc) is 2.27. The predicted molar refractivity (Wildman–Crippen MR) is 76.2 cm³/mol. The summed E-state index contributed by atoms with van der Waals surface area (Å²) in [5.74, 6) is 1.32. The fraction of sp³-hybridized carbons (Fsp3) is 0.417. The van der Waals surface area contributed by atoms with E-state index in [1.807, 2.05) is 6.07 Å². The number of aliphatic imine (C=N–C) groups is 1. The smallest absolute Gasteiger partial charge is 0.161 e. The highest BCUT2D eigenvalue weighted by atomic mass is 79.9. The second kappa shape index (κ2) is 5.40. The van der Waals surface area contributed by atoms with Gasteiger partial charge in [-0.05, 0) is 31.0 Å². The van der Waals surface area contributed by atoms with E-state index in [0.717, 1.165) is 15.4 Å². The lowest BCUT2D eigenvalue weighted by Crippen LogP contribution is -2.25. The molecule has 0 bridgehead atoms. The van der Waals surface area contributed by atoms with Crippen molar-refractivity contribution in [3.8, 4) is 0 Å². The van der Waals surface area contributed by atoms with E-state index in [4.69, 9.17) is 0 Å². The minimum absolute atomic E-state index is 0.269. The molecule has 92 valence electrons. The van der Waals surface area contributed by atoms with Crippen LogP contribution in [0.4, 0.5) is 10.1 Å². The minimum Gasteiger partial charge on any atom is -0.333 e. The van der Waals surface area contributed by atoms with Crippen molar-refractivity contribution in [1.82, 2.24) is 0 Å². The molecule has 0 spiro atoms. The van der Waals surface area contributed by atoms with Crippen LogP contribution >= 0.6 is 27.7 Å². The first-order valence-electron chi connectivity index (χ1n) is 5.49. The standard InChI is InChI=1S/C12H14BrFN2S/c1-7-6-17-12(15-8(7)2)16-11-4-3-9(13)5-10(11)14/h3-5,7-8H,6H2,1-2H3,(H,15,16). The zero-order chi connectivity index (χ0) is 12.4. The maximum absolute atomic E-state index is 13.6. The zero-order valence-electron chi connectivity index (χ0n) is 9.71. The van der Waals surface area contributed by atoms with E-state index in [2.05, 4.69) is 40.1 Å². The van der Waals surface area contributed by atoms with Gasteiger partial charge in [0.2, 0.25) is 0 Å². The highest BCUT2D eigenvalue weighted by Crippen LogP contribution is 2.25. The van der Waals surface area contributed by atoms with Crippen LogP contribution in [0.3, 0.4) is 0 Å². The summed E-state index contributed by atoms with van der Waals surface area (Å²) in [5, 5.41) is 3.85. The van der Waals surface area contributed by atoms with Crippen LogP contribution in [0.1, 0.15) is 13.8 Å². The van der Waals surface area contributed by atoms with Crippen molar-refractivity contribution in [2.45, 2.75) is 19.9 Å². The Bertz CT molecular complexity index is 450. The molecule has 0 amide bonds. The van der Waals surface area contributed by atoms with Gasteiger partial charge >= 0.3 is 0 Å². The molecule has 2 rings (SSSR count). The molecule has 0 saturated heterocycles. The lowest BCUT2D eigenvalue weighted by Gasteiger charge is -2.23. The van der Waals surface area contributed by atoms with E-state index in [9.17, 15) is 4.39 Å². The summed E-state index contributed by atoms with van der Waals surface area (Å²) in [6.45, 7) is 4.27. The summed E-state index contributed by atoms with van der Waals surface area (Å²) < 4.78 is 14.4. The Hall–Kier alpha value is -0.550. The largest absolute Gasteiger partial charge is 0.333 e. The molecule has 2 unspecified atom stereocenters. The molecule has 1 aromatic rings. The number of nitrogens with one attached hydrogen (secondary N) is 1. The number of hydrogen-bond acceptors (Lipinski definition) is 3. The lowest BCUT2D eigenvalue weighted by atomic mass is 10.1. The molecule has 1 N–H and O–H groups in total. The van der Waals surface area contributed by atoms with Crippen molar-refractivity contribution in [2.75, 3.05) is 11.1 Å². The van der Waals surface area contributed by atoms with Crippen LogP contribution < -0.4 is 5.32 Å². The van der Waals surface area contributed by atoms with E-state index >= 15 is 0 Å². The van der Waals surface area contributed by atoms with Gasteiger partial charge in [0.25, 0.3) is 0 Å². The molecule has 2 atom stereocenters. The van der Waals surface area contributed by atoms with Crippen molar-refractivity contribution in [1.29, 1.82) is 0 Å². The molecule has 0 aliphatic carbocycles. The van der Waals surface area contributed by atoms with Gasteiger partial charge in [0.1, 0.15) is 5.82 Å². The number of benzene rings is 1. The van der Waals surface area contributed by atoms with Crippen molar-refractivity contribution in [2.24, 2.45) is 10.9 Å². The zero-order valence-corrected chi connectivity index (χ0v) is 12.1. The predicted octanol–water partition coefficient (Wildman–Crippen LogP) is 4.13. The van der Waals surface area contributed by atoms with E-state index in [-0.39, 0.29) is 11.9 Å². The second-order valence-electron chi connectivity index (χ2n) is 4.21. The Morgan fingerprint density at radius 3 is 2.88 bits per heavy atom. The highest BCUT2D eigenvalue weighted by molar-refractivity contribution is 9.10. The molecule has 0 fully saturated rings. The van der Waals surface area contributed by atoms with Crippen LogP contribution in [0.2, 0.25) is 0 Å². The van der Waals surface area contributed by atoms with Gasteiger partial charge in [-0.25, -0.2) is 4.39 Å². The molecule has 0 saturated carbocycles. The average molecular weight is 317 g/mol. The maximum Gasteiger partial charge on any atom is 0.161 e. The summed E-state index contributed by atoms with van der Waals surface area (Å²) in [6.07, 6.45) is 0. The topological polar surface area (TPSA) is 24.4 Å². The SMILES string of the molecule is CC1CSC(Nc2ccc(Br)cc2F)=NC1C. The molecule has 2 nitrogen and oxygen atoms in total. The maximum atomic E-state index is 13.6. The first-order valence-corrected chi connectivity index (χ1v) is 7.27. The van der Waals surface area contributed by atoms with Crippen LogP contribution in [0, 0.1) is 11.7 Å². The van der Waals surface area contributed by atoms with Gasteiger partial charge in [-0.1, -0.05) is 34.6 Å². The molecule has 1 aliphatic heterocycles. The minimum atomic E-state index is -0.269. The molecular weight excluding hydrogens is 303 g/mol. The molecule has 5 heteroatoms. The quantitative estimate of drug-likeness (QED) is 0.842. The molecule has 1 aromatic carbocycles. The number of rotatable bonds is 1. The van der Waals surface area contributed by atoms with Crippen molar-refractivity contribution < 1.29 is 4.39 Å². The number of hydrogen-bond donors (Lipinski definition) is 1. The Morgan fingerprint density at radius 1 is 1.47 bits per heavy atom. The van der Waals surface area contributed by atoms with Gasteiger partial charge in [-0.3, -0.25) is 4.99 Å². The third-order valence-corrected chi connectivity index (χ3v) is 4.47. The van der Waals surface area contributed by atoms with Crippen LogP contribution in [0.25, 0.3) is 0 Å². The van der Waals surface area contributed by atoms with Gasteiger partial charge in [-0.2, -0.15) is 0 Å². The van der Waals surface area contributed by atoms with Gasteiger partial charge in [0, 0.05) is 10.2 Å². The van der Waals surface area contributed by atoms with Gasteiger partial charge in [-0.15, -0.1) is 0 Å². The fourth-order valence-corrected chi connectivity index (χ4v) is 2.93. The molecular formula is C12H14BrFN2S. The number of nitrogens with zero attached hydrogens (tertiary/aromatic N) is 1. The first-order chi connectivity index (χ1) is 8.06. The Kier molecular flexibility index (Phi) is 4.09. The van der Waals surface area contributed by atoms with E-state index in [1.165, 1.54) is 6.07 Å². The normalized spacial score (nSPS) is 24.4. The van der Waals surface area contributed by atoms with Crippen molar-refractivity contribution in [3.05, 3.63) is 28.5 Å². The number of amidine groups is 1. The van der Waals surface area contributed by atoms with Crippen LogP contribution in [0.15, 0.2) is 27.7 Å². The summed E-state index contributed by atoms with van der Waals surface area (Å²) >= 11 is 4.88. The Balaban J connectivity index is 2.13. The first kappa shape index (κ1) is 12.9. The van der Waals surface area contributed by atoms with E-state index < -0.39 is 0 Å². The summed E-state index contributed by atoms with van der Waals surface area (Å²) in [6, 6.07) is 5.26. The van der Waals surface area contributed by atoms with Crippen LogP contribution in [-0.2, 0) is 0 Å². The number of thioether (sulfide) groups is 1. The van der Waals surface area contributed by atoms with Gasteiger partial charge in [0.15, 0.2) is 5.17 Å². The Labute approximate surface area is 113 Å². The lowest BCUT2D eigenvalue weighted by molar-refractivity contribution is 0.537. The summed E-state index contributed by atoms with van der Waals surface area (Å²) in [7, 11) is 0. The molecule has 1 aliphatic rings. The summed E-state index contributed by atoms with van der Waals surface area (Å²) in [4.78, 5) is 4.51. The number of anilines is 1. The second-order valence-corrected chi connectivity index (χ2v) is 6.14. The van der Waals surface area contributed by atoms with E-state index in [0.29, 0.717) is 11.6 Å². The van der Waals surface area contributed by atoms with Crippen molar-refractivity contribution in [3.63, 3.8) is 0 Å². The van der Waals surface area contributed by atoms with Crippen molar-refractivity contribution >= 4 is 38.5 Å². The van der Waals surface area contributed by atoms with Gasteiger partial charge in [0.05, 0.1) is 11.7 Å². The fourth-order valence-electron chi connectivity index (χ4n) is 1.47. The third kappa shape index (κ3) is 3.22. The van der Waals surface area contributed by atoms with E-state index in [1.54, 1.807) is 17.8 Å². The summed E-state index contributed by atoms with van der Waals surface area (Å²) in [5.41, 5.74) is 0.473. The molecule has 0 radical (unpaired) electrons. The monoisotopic (exact) mass is 316 g/mol. The van der Waals surface area contributed by atoms with Crippen LogP contribution in [-0.4, -0.2) is 17.0 Å². The molecule has 0 aromatic heterocycles. The number of halogens is 2. The molecule has 17 heavy (non-hydrogen) atoms. The van der Waals surface area contributed by atoms with Gasteiger partial charge < -0.3 is 5.32 Å².